The first kappa shape index (κ1) is 18.6. The maximum Gasteiger partial charge on any atom is 0.0458 e. The second-order valence-corrected chi connectivity index (χ2v) is 8.58. The third kappa shape index (κ3) is 3.89. The highest BCUT2D eigenvalue weighted by Gasteiger charge is 2.26. The van der Waals surface area contributed by atoms with Gasteiger partial charge in [-0.25, -0.2) is 0 Å². The van der Waals surface area contributed by atoms with Crippen molar-refractivity contribution in [1.82, 2.24) is 0 Å². The first-order valence-corrected chi connectivity index (χ1v) is 10.2. The summed E-state index contributed by atoms with van der Waals surface area (Å²) in [6, 6.07) is 21.5. The van der Waals surface area contributed by atoms with Crippen LogP contribution in [0.4, 0.5) is 5.69 Å². The van der Waals surface area contributed by atoms with E-state index in [1.807, 2.05) is 0 Å². The largest absolute Gasteiger partial charge is 0.314 e. The Balaban J connectivity index is 1.73. The molecule has 2 aromatic carbocycles. The fourth-order valence-electron chi connectivity index (χ4n) is 4.02. The first-order chi connectivity index (χ1) is 13.5. The quantitative estimate of drug-likeness (QED) is 0.545. The molecule has 0 aromatic heterocycles. The molecule has 0 heterocycles. The van der Waals surface area contributed by atoms with E-state index in [1.165, 1.54) is 28.2 Å². The zero-order chi connectivity index (χ0) is 19.6. The van der Waals surface area contributed by atoms with Crippen LogP contribution < -0.4 is 4.90 Å². The lowest BCUT2D eigenvalue weighted by molar-refractivity contribution is 0.481. The number of allylic oxidation sites excluding steroid dienone is 7. The number of para-hydroxylation sites is 1. The molecule has 0 amide bonds. The van der Waals surface area contributed by atoms with Crippen LogP contribution in [0.1, 0.15) is 39.2 Å². The third-order valence-electron chi connectivity index (χ3n) is 5.70. The average molecular weight is 368 g/mol. The minimum Gasteiger partial charge on any atom is -0.314 e. The molecule has 2 aliphatic rings. The van der Waals surface area contributed by atoms with E-state index >= 15 is 0 Å². The van der Waals surface area contributed by atoms with Crippen LogP contribution in [0.5, 0.6) is 0 Å². The van der Waals surface area contributed by atoms with Crippen molar-refractivity contribution < 1.29 is 0 Å². The highest BCUT2D eigenvalue weighted by Crippen LogP contribution is 2.39. The first-order valence-electron chi connectivity index (χ1n) is 10.2. The van der Waals surface area contributed by atoms with Crippen molar-refractivity contribution in [2.75, 3.05) is 4.90 Å². The highest BCUT2D eigenvalue weighted by atomic mass is 15.2. The summed E-state index contributed by atoms with van der Waals surface area (Å²) in [4.78, 5) is 2.44. The number of hydrogen-bond donors (Lipinski definition) is 0. The lowest BCUT2D eigenvalue weighted by Gasteiger charge is -2.36. The molecular weight excluding hydrogens is 338 g/mol. The average Bonchev–Trinajstić information content (AvgIpc) is 2.72. The van der Waals surface area contributed by atoms with Gasteiger partial charge in [0, 0.05) is 23.0 Å². The van der Waals surface area contributed by atoms with Crippen LogP contribution in [0.2, 0.25) is 0 Å². The van der Waals surface area contributed by atoms with E-state index in [-0.39, 0.29) is 5.41 Å². The summed E-state index contributed by atoms with van der Waals surface area (Å²) in [5.41, 5.74) is 6.85. The van der Waals surface area contributed by atoms with Gasteiger partial charge in [-0.3, -0.25) is 0 Å². The van der Waals surface area contributed by atoms with Crippen LogP contribution in [0.3, 0.4) is 0 Å². The summed E-state index contributed by atoms with van der Waals surface area (Å²) < 4.78 is 0. The molecule has 2 aromatic rings. The molecule has 0 aliphatic heterocycles. The van der Waals surface area contributed by atoms with E-state index in [2.05, 4.69) is 117 Å². The van der Waals surface area contributed by atoms with Gasteiger partial charge in [-0.2, -0.15) is 0 Å². The van der Waals surface area contributed by atoms with E-state index in [0.29, 0.717) is 5.92 Å². The van der Waals surface area contributed by atoms with Crippen LogP contribution in [-0.2, 0) is 0 Å². The van der Waals surface area contributed by atoms with Gasteiger partial charge < -0.3 is 4.90 Å². The molecule has 0 saturated heterocycles. The maximum absolute atomic E-state index is 2.44. The van der Waals surface area contributed by atoms with Crippen molar-refractivity contribution in [1.29, 1.82) is 0 Å². The standard InChI is InChI=1S/C27H29N/c1-21-20-23(22-10-6-4-7-11-22)14-15-26(21)28(24-12-8-5-9-13-24)25-16-18-27(2,3)19-17-25/h4-18,21H,19-20H2,1-3H3. The number of rotatable bonds is 4. The molecule has 1 nitrogen and oxygen atoms in total. The lowest BCUT2D eigenvalue weighted by Crippen LogP contribution is -2.28. The second-order valence-electron chi connectivity index (χ2n) is 8.58. The highest BCUT2D eigenvalue weighted by molar-refractivity contribution is 5.71. The normalized spacial score (nSPS) is 20.8. The Hall–Kier alpha value is -2.80. The third-order valence-corrected chi connectivity index (χ3v) is 5.70. The maximum atomic E-state index is 2.44. The predicted octanol–water partition coefficient (Wildman–Crippen LogP) is 7.37. The summed E-state index contributed by atoms with van der Waals surface area (Å²) in [6.07, 6.45) is 13.8. The molecule has 1 unspecified atom stereocenters. The number of nitrogens with zero attached hydrogens (tertiary/aromatic N) is 1. The summed E-state index contributed by atoms with van der Waals surface area (Å²) in [5, 5.41) is 0. The van der Waals surface area contributed by atoms with Gasteiger partial charge >= 0.3 is 0 Å². The van der Waals surface area contributed by atoms with Crippen LogP contribution in [-0.4, -0.2) is 0 Å². The minimum absolute atomic E-state index is 0.235. The lowest BCUT2D eigenvalue weighted by atomic mass is 9.84. The summed E-state index contributed by atoms with van der Waals surface area (Å²) >= 11 is 0. The van der Waals surface area contributed by atoms with Crippen molar-refractivity contribution in [2.45, 2.75) is 33.6 Å². The van der Waals surface area contributed by atoms with E-state index in [9.17, 15) is 0 Å². The van der Waals surface area contributed by atoms with Crippen LogP contribution in [0.15, 0.2) is 102 Å². The van der Waals surface area contributed by atoms with Crippen molar-refractivity contribution in [2.24, 2.45) is 11.3 Å². The van der Waals surface area contributed by atoms with Gasteiger partial charge in [-0.1, -0.05) is 87.5 Å². The second kappa shape index (κ2) is 7.67. The zero-order valence-corrected chi connectivity index (χ0v) is 17.1. The van der Waals surface area contributed by atoms with Gasteiger partial charge in [0.25, 0.3) is 0 Å². The zero-order valence-electron chi connectivity index (χ0n) is 17.1. The summed E-state index contributed by atoms with van der Waals surface area (Å²) in [6.45, 7) is 6.93. The number of hydrogen-bond acceptors (Lipinski definition) is 1. The Bertz CT molecular complexity index is 942. The van der Waals surface area contributed by atoms with Gasteiger partial charge in [0.1, 0.15) is 0 Å². The van der Waals surface area contributed by atoms with Gasteiger partial charge in [-0.05, 0) is 53.7 Å². The SMILES string of the molecule is CC1CC(c2ccccc2)=CC=C1N(C1=CCC(C)(C)C=C1)c1ccccc1. The predicted molar refractivity (Wildman–Crippen MR) is 121 cm³/mol. The Labute approximate surface area is 169 Å². The summed E-state index contributed by atoms with van der Waals surface area (Å²) in [7, 11) is 0. The molecule has 0 saturated carbocycles. The molecule has 142 valence electrons. The van der Waals surface area contributed by atoms with E-state index in [4.69, 9.17) is 0 Å². The molecule has 0 N–H and O–H groups in total. The molecule has 0 spiro atoms. The molecule has 4 rings (SSSR count). The molecule has 0 fully saturated rings. The van der Waals surface area contributed by atoms with E-state index < -0.39 is 0 Å². The Morgan fingerprint density at radius 2 is 1.57 bits per heavy atom. The molecule has 1 heteroatoms. The Morgan fingerprint density at radius 3 is 2.18 bits per heavy atom. The van der Waals surface area contributed by atoms with Crippen LogP contribution >= 0.6 is 0 Å². The molecule has 1 atom stereocenters. The van der Waals surface area contributed by atoms with Crippen molar-refractivity contribution in [3.8, 4) is 0 Å². The molecule has 0 bridgehead atoms. The van der Waals surface area contributed by atoms with Crippen molar-refractivity contribution in [3.05, 3.63) is 108 Å². The molecular formula is C27H29N. The Kier molecular flexibility index (Phi) is 5.09. The fraction of sp³-hybridized carbons (Fsp3) is 0.259. The topological polar surface area (TPSA) is 3.24 Å². The summed E-state index contributed by atoms with van der Waals surface area (Å²) in [5.74, 6) is 0.449. The number of anilines is 1. The van der Waals surface area contributed by atoms with Gasteiger partial charge in [-0.15, -0.1) is 0 Å². The fourth-order valence-corrected chi connectivity index (χ4v) is 4.02. The minimum atomic E-state index is 0.235. The van der Waals surface area contributed by atoms with E-state index in [0.717, 1.165) is 12.8 Å². The van der Waals surface area contributed by atoms with Crippen molar-refractivity contribution in [3.63, 3.8) is 0 Å². The molecule has 2 aliphatic carbocycles. The van der Waals surface area contributed by atoms with E-state index in [1.54, 1.807) is 0 Å². The van der Waals surface area contributed by atoms with Crippen LogP contribution in [0.25, 0.3) is 5.57 Å². The number of benzene rings is 2. The van der Waals surface area contributed by atoms with Gasteiger partial charge in [0.05, 0.1) is 0 Å². The monoisotopic (exact) mass is 367 g/mol. The van der Waals surface area contributed by atoms with Crippen LogP contribution in [0, 0.1) is 11.3 Å². The van der Waals surface area contributed by atoms with Gasteiger partial charge in [0.15, 0.2) is 0 Å². The molecule has 0 radical (unpaired) electrons. The Morgan fingerprint density at radius 1 is 0.893 bits per heavy atom. The van der Waals surface area contributed by atoms with Gasteiger partial charge in [0.2, 0.25) is 0 Å². The van der Waals surface area contributed by atoms with Crippen molar-refractivity contribution >= 4 is 11.3 Å². The molecule has 28 heavy (non-hydrogen) atoms. The smallest absolute Gasteiger partial charge is 0.0458 e.